The summed E-state index contributed by atoms with van der Waals surface area (Å²) in [6, 6.07) is 16.1. The van der Waals surface area contributed by atoms with Gasteiger partial charge in [-0.05, 0) is 43.2 Å². The van der Waals surface area contributed by atoms with E-state index in [0.717, 1.165) is 45.8 Å². The highest BCUT2D eigenvalue weighted by Gasteiger charge is 2.28. The average molecular weight is 452 g/mol. The summed E-state index contributed by atoms with van der Waals surface area (Å²) in [5.41, 5.74) is 2.52. The summed E-state index contributed by atoms with van der Waals surface area (Å²) in [5.74, 6) is 1.83. The molecule has 2 aromatic carbocycles. The molecule has 6 nitrogen and oxygen atoms in total. The molecule has 3 aromatic rings. The van der Waals surface area contributed by atoms with Crippen molar-refractivity contribution in [3.05, 3.63) is 58.6 Å². The predicted octanol–water partition coefficient (Wildman–Crippen LogP) is 3.93. The smallest absolute Gasteiger partial charge is 0.254 e. The zero-order valence-corrected chi connectivity index (χ0v) is 17.6. The van der Waals surface area contributed by atoms with Crippen molar-refractivity contribution in [1.29, 1.82) is 0 Å². The van der Waals surface area contributed by atoms with Crippen molar-refractivity contribution in [3.63, 3.8) is 0 Å². The molecule has 0 radical (unpaired) electrons. The van der Waals surface area contributed by atoms with Crippen LogP contribution in [0.4, 0.5) is 11.6 Å². The monoisotopic (exact) mass is 451 g/mol. The van der Waals surface area contributed by atoms with Gasteiger partial charge in [0.05, 0.1) is 11.0 Å². The van der Waals surface area contributed by atoms with Crippen molar-refractivity contribution in [2.45, 2.75) is 18.9 Å². The highest BCUT2D eigenvalue weighted by Crippen LogP contribution is 2.31. The lowest BCUT2D eigenvalue weighted by Crippen LogP contribution is -2.49. The van der Waals surface area contributed by atoms with Gasteiger partial charge in [0.1, 0.15) is 0 Å². The van der Waals surface area contributed by atoms with Gasteiger partial charge in [-0.15, -0.1) is 0 Å². The van der Waals surface area contributed by atoms with E-state index in [9.17, 15) is 4.79 Å². The molecule has 2 heterocycles. The highest BCUT2D eigenvalue weighted by molar-refractivity contribution is 9.10. The van der Waals surface area contributed by atoms with Crippen LogP contribution in [-0.4, -0.2) is 53.0 Å². The summed E-state index contributed by atoms with van der Waals surface area (Å²) in [4.78, 5) is 26.8. The molecule has 0 atom stereocenters. The number of carbonyl (C=O) groups is 1. The van der Waals surface area contributed by atoms with Crippen LogP contribution in [0.1, 0.15) is 23.2 Å². The second-order valence-corrected chi connectivity index (χ2v) is 8.51. The normalized spacial score (nSPS) is 16.9. The number of hydrogen-bond donors (Lipinski definition) is 1. The van der Waals surface area contributed by atoms with Crippen LogP contribution < -0.4 is 10.2 Å². The Morgan fingerprint density at radius 2 is 1.69 bits per heavy atom. The average Bonchev–Trinajstić information content (AvgIpc) is 3.57. The van der Waals surface area contributed by atoms with Crippen molar-refractivity contribution < 1.29 is 4.79 Å². The molecule has 1 aliphatic carbocycles. The van der Waals surface area contributed by atoms with E-state index in [-0.39, 0.29) is 5.91 Å². The zero-order valence-electron chi connectivity index (χ0n) is 16.0. The Morgan fingerprint density at radius 3 is 2.38 bits per heavy atom. The summed E-state index contributed by atoms with van der Waals surface area (Å²) in [6.07, 6.45) is 2.37. The lowest BCUT2D eigenvalue weighted by Gasteiger charge is -2.36. The van der Waals surface area contributed by atoms with E-state index in [2.05, 4.69) is 26.1 Å². The van der Waals surface area contributed by atoms with Crippen molar-refractivity contribution in [1.82, 2.24) is 14.9 Å². The first-order valence-electron chi connectivity index (χ1n) is 10.0. The maximum absolute atomic E-state index is 12.8. The number of benzene rings is 2. The van der Waals surface area contributed by atoms with E-state index in [1.807, 2.05) is 53.4 Å². The standard InChI is InChI=1S/C22H22BrN5O/c23-16-5-3-4-15(14-16)22(29)28-12-10-27(11-13-28)21-20(24-17-8-9-17)25-18-6-1-2-7-19(18)26-21/h1-7,14,17H,8-13H2,(H,24,25). The Hall–Kier alpha value is -2.67. The fraction of sp³-hybridized carbons (Fsp3) is 0.318. The van der Waals surface area contributed by atoms with Crippen LogP contribution >= 0.6 is 15.9 Å². The molecule has 5 rings (SSSR count). The van der Waals surface area contributed by atoms with Crippen LogP contribution in [0, 0.1) is 0 Å². The van der Waals surface area contributed by atoms with Gasteiger partial charge < -0.3 is 15.1 Å². The van der Waals surface area contributed by atoms with Crippen LogP contribution in [0.25, 0.3) is 11.0 Å². The second-order valence-electron chi connectivity index (χ2n) is 7.59. The number of rotatable bonds is 4. The van der Waals surface area contributed by atoms with Crippen LogP contribution in [0.2, 0.25) is 0 Å². The van der Waals surface area contributed by atoms with Gasteiger partial charge in [-0.25, -0.2) is 9.97 Å². The van der Waals surface area contributed by atoms with E-state index in [1.54, 1.807) is 0 Å². The van der Waals surface area contributed by atoms with Crippen LogP contribution in [0.15, 0.2) is 53.0 Å². The number of hydrogen-bond acceptors (Lipinski definition) is 5. The summed E-state index contributed by atoms with van der Waals surface area (Å²) in [6.45, 7) is 2.82. The topological polar surface area (TPSA) is 61.4 Å². The molecule has 1 aliphatic heterocycles. The van der Waals surface area contributed by atoms with Gasteiger partial charge in [-0.3, -0.25) is 4.79 Å². The van der Waals surface area contributed by atoms with Crippen LogP contribution in [-0.2, 0) is 0 Å². The van der Waals surface area contributed by atoms with E-state index in [4.69, 9.17) is 9.97 Å². The van der Waals surface area contributed by atoms with E-state index < -0.39 is 0 Å². The molecule has 2 aliphatic rings. The number of anilines is 2. The van der Waals surface area contributed by atoms with Gasteiger partial charge in [0.25, 0.3) is 5.91 Å². The summed E-state index contributed by atoms with van der Waals surface area (Å²) >= 11 is 3.45. The highest BCUT2D eigenvalue weighted by atomic mass is 79.9. The van der Waals surface area contributed by atoms with Gasteiger partial charge in [0.2, 0.25) is 0 Å². The molecule has 0 unspecified atom stereocenters. The van der Waals surface area contributed by atoms with Gasteiger partial charge in [0.15, 0.2) is 11.6 Å². The van der Waals surface area contributed by atoms with Crippen molar-refractivity contribution in [3.8, 4) is 0 Å². The van der Waals surface area contributed by atoms with Crippen LogP contribution in [0.3, 0.4) is 0 Å². The minimum absolute atomic E-state index is 0.0758. The largest absolute Gasteiger partial charge is 0.364 e. The van der Waals surface area contributed by atoms with E-state index >= 15 is 0 Å². The van der Waals surface area contributed by atoms with Gasteiger partial charge >= 0.3 is 0 Å². The van der Waals surface area contributed by atoms with Crippen LogP contribution in [0.5, 0.6) is 0 Å². The number of nitrogens with one attached hydrogen (secondary N) is 1. The summed E-state index contributed by atoms with van der Waals surface area (Å²) < 4.78 is 0.921. The maximum atomic E-state index is 12.8. The second kappa shape index (κ2) is 7.63. The molecule has 1 saturated carbocycles. The third kappa shape index (κ3) is 3.92. The molecule has 1 aromatic heterocycles. The van der Waals surface area contributed by atoms with Gasteiger partial charge in [-0.1, -0.05) is 34.1 Å². The number of nitrogens with zero attached hydrogens (tertiary/aromatic N) is 4. The number of fused-ring (bicyclic) bond motifs is 1. The van der Waals surface area contributed by atoms with Gasteiger partial charge in [0, 0.05) is 42.3 Å². The molecule has 0 bridgehead atoms. The fourth-order valence-electron chi connectivity index (χ4n) is 3.65. The van der Waals surface area contributed by atoms with Crippen molar-refractivity contribution in [2.75, 3.05) is 36.4 Å². The van der Waals surface area contributed by atoms with E-state index in [1.165, 1.54) is 12.8 Å². The summed E-state index contributed by atoms with van der Waals surface area (Å²) in [7, 11) is 0. The molecule has 1 amide bonds. The minimum atomic E-state index is 0.0758. The number of aromatic nitrogens is 2. The molecule has 1 N–H and O–H groups in total. The third-order valence-corrected chi connectivity index (χ3v) is 5.90. The Bertz CT molecular complexity index is 1060. The molecule has 2 fully saturated rings. The molecule has 7 heteroatoms. The number of halogens is 1. The number of carbonyl (C=O) groups excluding carboxylic acids is 1. The molecule has 0 spiro atoms. The first kappa shape index (κ1) is 18.4. The Kier molecular flexibility index (Phi) is 4.83. The van der Waals surface area contributed by atoms with Gasteiger partial charge in [-0.2, -0.15) is 0 Å². The first-order valence-corrected chi connectivity index (χ1v) is 10.8. The lowest BCUT2D eigenvalue weighted by molar-refractivity contribution is 0.0746. The zero-order chi connectivity index (χ0) is 19.8. The molecular weight excluding hydrogens is 430 g/mol. The van der Waals surface area contributed by atoms with E-state index in [0.29, 0.717) is 19.1 Å². The van der Waals surface area contributed by atoms with Crippen molar-refractivity contribution in [2.24, 2.45) is 0 Å². The molecular formula is C22H22BrN5O. The third-order valence-electron chi connectivity index (χ3n) is 5.41. The van der Waals surface area contributed by atoms with Crippen molar-refractivity contribution >= 4 is 44.5 Å². The molecule has 1 saturated heterocycles. The predicted molar refractivity (Wildman–Crippen MR) is 118 cm³/mol. The number of piperazine rings is 1. The molecule has 29 heavy (non-hydrogen) atoms. The Morgan fingerprint density at radius 1 is 0.966 bits per heavy atom. The SMILES string of the molecule is O=C(c1cccc(Br)c1)N1CCN(c2nc3ccccc3nc2NC2CC2)CC1. The minimum Gasteiger partial charge on any atom is -0.364 e. The maximum Gasteiger partial charge on any atom is 0.254 e. The first-order chi connectivity index (χ1) is 14.2. The number of amides is 1. The molecule has 148 valence electrons. The lowest BCUT2D eigenvalue weighted by atomic mass is 10.2. The summed E-state index contributed by atoms with van der Waals surface area (Å²) in [5, 5.41) is 3.54. The quantitative estimate of drug-likeness (QED) is 0.650. The Labute approximate surface area is 178 Å². The fourth-order valence-corrected chi connectivity index (χ4v) is 4.05. The number of para-hydroxylation sites is 2. The Balaban J connectivity index is 1.36.